The number of ether oxygens (including phenoxy) is 1. The number of amides is 1. The minimum Gasteiger partial charge on any atom is -0.483 e. The van der Waals surface area contributed by atoms with Gasteiger partial charge in [-0.3, -0.25) is 4.79 Å². The van der Waals surface area contributed by atoms with E-state index in [1.165, 1.54) is 0 Å². The topological polar surface area (TPSA) is 29.5 Å². The predicted octanol–water partition coefficient (Wildman–Crippen LogP) is 4.27. The van der Waals surface area contributed by atoms with Gasteiger partial charge in [0.05, 0.1) is 4.47 Å². The van der Waals surface area contributed by atoms with Crippen LogP contribution in [0.15, 0.2) is 59.1 Å². The van der Waals surface area contributed by atoms with Gasteiger partial charge in [-0.05, 0) is 47.5 Å². The van der Waals surface area contributed by atoms with Crippen LogP contribution in [0.2, 0.25) is 0 Å². The van der Waals surface area contributed by atoms with Crippen molar-refractivity contribution in [2.75, 3.05) is 6.61 Å². The molecule has 4 heteroatoms. The van der Waals surface area contributed by atoms with Gasteiger partial charge in [0.15, 0.2) is 6.61 Å². The van der Waals surface area contributed by atoms with E-state index >= 15 is 0 Å². The monoisotopic (exact) mass is 361 g/mol. The molecule has 0 radical (unpaired) electrons. The SMILES string of the molecule is CC(C)N(Cc1ccccc1)C(=O)COc1ccccc1Br. The summed E-state index contributed by atoms with van der Waals surface area (Å²) >= 11 is 3.42. The summed E-state index contributed by atoms with van der Waals surface area (Å²) in [7, 11) is 0. The maximum absolute atomic E-state index is 12.5. The fourth-order valence-corrected chi connectivity index (χ4v) is 2.52. The van der Waals surface area contributed by atoms with Crippen molar-refractivity contribution in [1.82, 2.24) is 4.90 Å². The Bertz CT molecular complexity index is 613. The molecule has 22 heavy (non-hydrogen) atoms. The zero-order valence-electron chi connectivity index (χ0n) is 12.8. The van der Waals surface area contributed by atoms with E-state index in [1.807, 2.05) is 73.3 Å². The van der Waals surface area contributed by atoms with Gasteiger partial charge in [0.25, 0.3) is 5.91 Å². The van der Waals surface area contributed by atoms with E-state index in [0.29, 0.717) is 12.3 Å². The molecule has 0 fully saturated rings. The lowest BCUT2D eigenvalue weighted by atomic mass is 10.2. The molecule has 1 amide bonds. The van der Waals surface area contributed by atoms with Crippen molar-refractivity contribution >= 4 is 21.8 Å². The number of hydrogen-bond donors (Lipinski definition) is 0. The molecule has 0 spiro atoms. The lowest BCUT2D eigenvalue weighted by Gasteiger charge is -2.27. The smallest absolute Gasteiger partial charge is 0.261 e. The highest BCUT2D eigenvalue weighted by molar-refractivity contribution is 9.10. The van der Waals surface area contributed by atoms with Crippen molar-refractivity contribution in [3.05, 3.63) is 64.6 Å². The largest absolute Gasteiger partial charge is 0.483 e. The maximum atomic E-state index is 12.5. The highest BCUT2D eigenvalue weighted by Crippen LogP contribution is 2.23. The summed E-state index contributed by atoms with van der Waals surface area (Å²) in [4.78, 5) is 14.3. The van der Waals surface area contributed by atoms with Gasteiger partial charge in [-0.15, -0.1) is 0 Å². The Morgan fingerprint density at radius 2 is 1.73 bits per heavy atom. The molecule has 0 unspecified atom stereocenters. The van der Waals surface area contributed by atoms with E-state index in [9.17, 15) is 4.79 Å². The molecule has 2 rings (SSSR count). The summed E-state index contributed by atoms with van der Waals surface area (Å²) in [6.45, 7) is 4.66. The van der Waals surface area contributed by atoms with Gasteiger partial charge in [0.1, 0.15) is 5.75 Å². The zero-order valence-corrected chi connectivity index (χ0v) is 14.4. The second-order valence-corrected chi connectivity index (χ2v) is 6.17. The van der Waals surface area contributed by atoms with Crippen LogP contribution in [0, 0.1) is 0 Å². The molecule has 0 aliphatic heterocycles. The molecule has 0 saturated carbocycles. The van der Waals surface area contributed by atoms with Crippen LogP contribution in [-0.2, 0) is 11.3 Å². The number of rotatable bonds is 6. The Kier molecular flexibility index (Phi) is 6.01. The average Bonchev–Trinajstić information content (AvgIpc) is 2.52. The minimum atomic E-state index is -0.0189. The van der Waals surface area contributed by atoms with E-state index in [1.54, 1.807) is 0 Å². The minimum absolute atomic E-state index is 0.0189. The molecule has 0 N–H and O–H groups in total. The molecule has 0 aromatic heterocycles. The second-order valence-electron chi connectivity index (χ2n) is 5.32. The highest BCUT2D eigenvalue weighted by Gasteiger charge is 2.18. The third-order valence-corrected chi connectivity index (χ3v) is 3.98. The number of para-hydroxylation sites is 1. The van der Waals surface area contributed by atoms with Gasteiger partial charge in [0.2, 0.25) is 0 Å². The summed E-state index contributed by atoms with van der Waals surface area (Å²) in [6, 6.07) is 17.6. The number of carbonyl (C=O) groups is 1. The van der Waals surface area contributed by atoms with Crippen LogP contribution in [0.3, 0.4) is 0 Å². The van der Waals surface area contributed by atoms with Gasteiger partial charge in [-0.25, -0.2) is 0 Å². The summed E-state index contributed by atoms with van der Waals surface area (Å²) in [5.74, 6) is 0.661. The first-order valence-electron chi connectivity index (χ1n) is 7.28. The summed E-state index contributed by atoms with van der Waals surface area (Å²) in [5.41, 5.74) is 1.12. The molecule has 0 bridgehead atoms. The van der Waals surface area contributed by atoms with Gasteiger partial charge in [-0.2, -0.15) is 0 Å². The maximum Gasteiger partial charge on any atom is 0.261 e. The van der Waals surface area contributed by atoms with Gasteiger partial charge in [0, 0.05) is 12.6 Å². The van der Waals surface area contributed by atoms with Crippen LogP contribution in [-0.4, -0.2) is 23.5 Å². The standard InChI is InChI=1S/C18H20BrNO2/c1-14(2)20(12-15-8-4-3-5-9-15)18(21)13-22-17-11-7-6-10-16(17)19/h3-11,14H,12-13H2,1-2H3. The lowest BCUT2D eigenvalue weighted by Crippen LogP contribution is -2.39. The van der Waals surface area contributed by atoms with E-state index in [-0.39, 0.29) is 18.6 Å². The van der Waals surface area contributed by atoms with Crippen molar-refractivity contribution in [3.63, 3.8) is 0 Å². The first-order valence-corrected chi connectivity index (χ1v) is 8.08. The summed E-state index contributed by atoms with van der Waals surface area (Å²) in [6.07, 6.45) is 0. The number of halogens is 1. The number of benzene rings is 2. The number of carbonyl (C=O) groups excluding carboxylic acids is 1. The van der Waals surface area contributed by atoms with Crippen LogP contribution in [0.25, 0.3) is 0 Å². The molecule has 0 aliphatic rings. The van der Waals surface area contributed by atoms with Gasteiger partial charge < -0.3 is 9.64 Å². The first-order chi connectivity index (χ1) is 10.6. The second kappa shape index (κ2) is 7.99. The van der Waals surface area contributed by atoms with Gasteiger partial charge in [-0.1, -0.05) is 42.5 Å². The van der Waals surface area contributed by atoms with Crippen LogP contribution in [0.5, 0.6) is 5.75 Å². The predicted molar refractivity (Wildman–Crippen MR) is 91.8 cm³/mol. The van der Waals surface area contributed by atoms with Crippen molar-refractivity contribution in [3.8, 4) is 5.75 Å². The molecule has 2 aromatic rings. The quantitative estimate of drug-likeness (QED) is 0.768. The highest BCUT2D eigenvalue weighted by atomic mass is 79.9. The number of nitrogens with zero attached hydrogens (tertiary/aromatic N) is 1. The molecule has 3 nitrogen and oxygen atoms in total. The summed E-state index contributed by atoms with van der Waals surface area (Å²) in [5, 5.41) is 0. The Hall–Kier alpha value is -1.81. The van der Waals surface area contributed by atoms with Crippen molar-refractivity contribution in [1.29, 1.82) is 0 Å². The van der Waals surface area contributed by atoms with Crippen molar-refractivity contribution < 1.29 is 9.53 Å². The van der Waals surface area contributed by atoms with Crippen LogP contribution < -0.4 is 4.74 Å². The zero-order chi connectivity index (χ0) is 15.9. The molecule has 0 saturated heterocycles. The number of hydrogen-bond acceptors (Lipinski definition) is 2. The van der Waals surface area contributed by atoms with E-state index < -0.39 is 0 Å². The Balaban J connectivity index is 2.00. The third-order valence-electron chi connectivity index (χ3n) is 3.33. The van der Waals surface area contributed by atoms with Crippen molar-refractivity contribution in [2.45, 2.75) is 26.4 Å². The fraction of sp³-hybridized carbons (Fsp3) is 0.278. The van der Waals surface area contributed by atoms with Crippen molar-refractivity contribution in [2.24, 2.45) is 0 Å². The van der Waals surface area contributed by atoms with E-state index in [4.69, 9.17) is 4.74 Å². The first kappa shape index (κ1) is 16.6. The average molecular weight is 362 g/mol. The summed E-state index contributed by atoms with van der Waals surface area (Å²) < 4.78 is 6.48. The molecule has 2 aromatic carbocycles. The molecule has 0 aliphatic carbocycles. The van der Waals surface area contributed by atoms with Crippen LogP contribution in [0.4, 0.5) is 0 Å². The Morgan fingerprint density at radius 3 is 2.36 bits per heavy atom. The van der Waals surface area contributed by atoms with Gasteiger partial charge >= 0.3 is 0 Å². The Morgan fingerprint density at radius 1 is 1.09 bits per heavy atom. The molecular weight excluding hydrogens is 342 g/mol. The van der Waals surface area contributed by atoms with E-state index in [0.717, 1.165) is 10.0 Å². The Labute approximate surface area is 140 Å². The van der Waals surface area contributed by atoms with Crippen LogP contribution >= 0.6 is 15.9 Å². The molecular formula is C18H20BrNO2. The molecule has 0 atom stereocenters. The van der Waals surface area contributed by atoms with Crippen LogP contribution in [0.1, 0.15) is 19.4 Å². The molecule has 0 heterocycles. The fourth-order valence-electron chi connectivity index (χ4n) is 2.12. The lowest BCUT2D eigenvalue weighted by molar-refractivity contribution is -0.135. The van der Waals surface area contributed by atoms with E-state index in [2.05, 4.69) is 15.9 Å². The third kappa shape index (κ3) is 4.60. The normalized spacial score (nSPS) is 10.5. The molecule has 116 valence electrons.